The summed E-state index contributed by atoms with van der Waals surface area (Å²) in [5.74, 6) is 1.12. The van der Waals surface area contributed by atoms with E-state index in [1.807, 2.05) is 24.4 Å². The van der Waals surface area contributed by atoms with Crippen LogP contribution in [0.15, 0.2) is 29.4 Å². The van der Waals surface area contributed by atoms with E-state index < -0.39 is 7.22 Å². The van der Waals surface area contributed by atoms with Crippen molar-refractivity contribution < 1.29 is 0 Å². The highest BCUT2D eigenvalue weighted by Crippen LogP contribution is 2.18. The minimum atomic E-state index is -0.959. The number of pyridine rings is 1. The molecule has 0 atom stereocenters. The molecule has 1 aromatic rings. The highest BCUT2D eigenvalue weighted by Gasteiger charge is 2.11. The molecule has 1 heterocycles. The third kappa shape index (κ3) is 6.46. The Balaban J connectivity index is 2.24. The fourth-order valence-electron chi connectivity index (χ4n) is 1.01. The van der Waals surface area contributed by atoms with Crippen molar-refractivity contribution in [3.05, 3.63) is 30.1 Å². The molecule has 0 saturated heterocycles. The zero-order valence-corrected chi connectivity index (χ0v) is 11.4. The SMILES string of the molecule is C[Si](C)(C)SCCN=Cc1ccccn1. The maximum atomic E-state index is 4.36. The Morgan fingerprint density at radius 3 is 2.80 bits per heavy atom. The Morgan fingerprint density at radius 1 is 1.40 bits per heavy atom. The maximum absolute atomic E-state index is 4.36. The van der Waals surface area contributed by atoms with Gasteiger partial charge < -0.3 is 0 Å². The van der Waals surface area contributed by atoms with Crippen molar-refractivity contribution in [2.24, 2.45) is 4.99 Å². The van der Waals surface area contributed by atoms with Gasteiger partial charge in [-0.1, -0.05) is 25.7 Å². The first-order valence-electron chi connectivity index (χ1n) is 5.13. The highest BCUT2D eigenvalue weighted by molar-refractivity contribution is 8.28. The number of hydrogen-bond acceptors (Lipinski definition) is 3. The smallest absolute Gasteiger partial charge is 0.108 e. The van der Waals surface area contributed by atoms with E-state index in [9.17, 15) is 0 Å². The van der Waals surface area contributed by atoms with E-state index in [0.717, 1.165) is 18.0 Å². The fraction of sp³-hybridized carbons (Fsp3) is 0.455. The summed E-state index contributed by atoms with van der Waals surface area (Å²) in [5, 5.41) is 0. The Morgan fingerprint density at radius 2 is 2.20 bits per heavy atom. The van der Waals surface area contributed by atoms with Gasteiger partial charge >= 0.3 is 0 Å². The summed E-state index contributed by atoms with van der Waals surface area (Å²) < 4.78 is 0. The highest BCUT2D eigenvalue weighted by atomic mass is 32.4. The zero-order valence-electron chi connectivity index (χ0n) is 9.60. The van der Waals surface area contributed by atoms with Crippen LogP contribution in [0.25, 0.3) is 0 Å². The van der Waals surface area contributed by atoms with Gasteiger partial charge in [0.1, 0.15) is 7.22 Å². The largest absolute Gasteiger partial charge is 0.290 e. The van der Waals surface area contributed by atoms with Gasteiger partial charge in [-0.3, -0.25) is 9.98 Å². The van der Waals surface area contributed by atoms with Crippen molar-refractivity contribution >= 4 is 24.6 Å². The molecule has 0 radical (unpaired) electrons. The van der Waals surface area contributed by atoms with Gasteiger partial charge in [0, 0.05) is 24.7 Å². The molecular formula is C11H18N2SSi. The average molecular weight is 238 g/mol. The molecule has 4 heteroatoms. The number of nitrogens with zero attached hydrogens (tertiary/aromatic N) is 2. The minimum Gasteiger partial charge on any atom is -0.290 e. The first-order chi connectivity index (χ1) is 7.08. The normalized spacial score (nSPS) is 12.2. The van der Waals surface area contributed by atoms with Crippen LogP contribution in [0, 0.1) is 0 Å². The van der Waals surface area contributed by atoms with Gasteiger partial charge in [-0.05, 0) is 12.1 Å². The molecule has 0 aliphatic heterocycles. The van der Waals surface area contributed by atoms with Crippen LogP contribution in [-0.4, -0.2) is 30.7 Å². The summed E-state index contributed by atoms with van der Waals surface area (Å²) in [5.41, 5.74) is 0.940. The van der Waals surface area contributed by atoms with Crippen LogP contribution < -0.4 is 0 Å². The summed E-state index contributed by atoms with van der Waals surface area (Å²) in [6.07, 6.45) is 3.64. The topological polar surface area (TPSA) is 25.2 Å². The molecule has 1 rings (SSSR count). The first kappa shape index (κ1) is 12.5. The molecule has 0 spiro atoms. The number of aliphatic imine (C=N–C) groups is 1. The molecule has 0 amide bonds. The van der Waals surface area contributed by atoms with Crippen LogP contribution in [0.5, 0.6) is 0 Å². The van der Waals surface area contributed by atoms with Crippen LogP contribution in [0.1, 0.15) is 5.69 Å². The Kier molecular flexibility index (Phi) is 5.05. The second kappa shape index (κ2) is 6.08. The van der Waals surface area contributed by atoms with Crippen LogP contribution >= 0.6 is 11.2 Å². The van der Waals surface area contributed by atoms with E-state index in [4.69, 9.17) is 0 Å². The minimum absolute atomic E-state index is 0.894. The van der Waals surface area contributed by atoms with Crippen LogP contribution in [-0.2, 0) is 0 Å². The van der Waals surface area contributed by atoms with Crippen molar-refractivity contribution in [1.82, 2.24) is 4.98 Å². The number of rotatable bonds is 5. The van der Waals surface area contributed by atoms with E-state index in [-0.39, 0.29) is 0 Å². The van der Waals surface area contributed by atoms with Gasteiger partial charge in [-0.15, -0.1) is 0 Å². The van der Waals surface area contributed by atoms with Gasteiger partial charge in [0.25, 0.3) is 0 Å². The summed E-state index contributed by atoms with van der Waals surface area (Å²) in [7, 11) is -0.959. The predicted molar refractivity (Wildman–Crippen MR) is 72.5 cm³/mol. The lowest BCUT2D eigenvalue weighted by Gasteiger charge is -2.13. The molecular weight excluding hydrogens is 220 g/mol. The van der Waals surface area contributed by atoms with Crippen molar-refractivity contribution in [1.29, 1.82) is 0 Å². The summed E-state index contributed by atoms with van der Waals surface area (Å²) >= 11 is 2.07. The quantitative estimate of drug-likeness (QED) is 0.447. The molecule has 0 bridgehead atoms. The molecule has 0 unspecified atom stereocenters. The van der Waals surface area contributed by atoms with Gasteiger partial charge in [0.2, 0.25) is 0 Å². The Hall–Kier alpha value is -0.613. The summed E-state index contributed by atoms with van der Waals surface area (Å²) in [4.78, 5) is 8.54. The van der Waals surface area contributed by atoms with Gasteiger partial charge in [0.15, 0.2) is 0 Å². The van der Waals surface area contributed by atoms with Crippen LogP contribution in [0.3, 0.4) is 0 Å². The molecule has 0 fully saturated rings. The van der Waals surface area contributed by atoms with Gasteiger partial charge in [0.05, 0.1) is 5.69 Å². The average Bonchev–Trinajstić information content (AvgIpc) is 2.17. The van der Waals surface area contributed by atoms with E-state index >= 15 is 0 Å². The molecule has 0 aliphatic rings. The van der Waals surface area contributed by atoms with Crippen molar-refractivity contribution in [3.63, 3.8) is 0 Å². The second-order valence-electron chi connectivity index (χ2n) is 4.25. The number of aromatic nitrogens is 1. The molecule has 0 N–H and O–H groups in total. The van der Waals surface area contributed by atoms with E-state index in [2.05, 4.69) is 40.8 Å². The molecule has 1 aromatic heterocycles. The van der Waals surface area contributed by atoms with E-state index in [1.54, 1.807) is 6.20 Å². The summed E-state index contributed by atoms with van der Waals surface area (Å²) in [6, 6.07) is 5.86. The Labute approximate surface area is 96.9 Å². The van der Waals surface area contributed by atoms with Gasteiger partial charge in [-0.25, -0.2) is 0 Å². The second-order valence-corrected chi connectivity index (χ2v) is 13.7. The predicted octanol–water partition coefficient (Wildman–Crippen LogP) is 3.07. The lowest BCUT2D eigenvalue weighted by Crippen LogP contribution is -2.15. The monoisotopic (exact) mass is 238 g/mol. The molecule has 15 heavy (non-hydrogen) atoms. The molecule has 2 nitrogen and oxygen atoms in total. The van der Waals surface area contributed by atoms with Crippen molar-refractivity contribution in [2.75, 3.05) is 12.3 Å². The summed E-state index contributed by atoms with van der Waals surface area (Å²) in [6.45, 7) is 7.98. The molecule has 0 aliphatic carbocycles. The molecule has 0 aromatic carbocycles. The Bertz CT molecular complexity index is 306. The molecule has 82 valence electrons. The third-order valence-electron chi connectivity index (χ3n) is 1.67. The van der Waals surface area contributed by atoms with Crippen LogP contribution in [0.2, 0.25) is 19.6 Å². The fourth-order valence-corrected chi connectivity index (χ4v) is 3.93. The van der Waals surface area contributed by atoms with Crippen LogP contribution in [0.4, 0.5) is 0 Å². The lowest BCUT2D eigenvalue weighted by molar-refractivity contribution is 1.15. The zero-order chi connectivity index (χ0) is 11.1. The molecule has 0 saturated carbocycles. The van der Waals surface area contributed by atoms with Crippen molar-refractivity contribution in [3.8, 4) is 0 Å². The third-order valence-corrected chi connectivity index (χ3v) is 6.13. The standard InChI is InChI=1S/C11H18N2SSi/c1-15(2,3)14-9-8-12-10-11-6-4-5-7-13-11/h4-7,10H,8-9H2,1-3H3. The first-order valence-corrected chi connectivity index (χ1v) is 10.3. The van der Waals surface area contributed by atoms with E-state index in [0.29, 0.717) is 0 Å². The van der Waals surface area contributed by atoms with E-state index in [1.165, 1.54) is 0 Å². The lowest BCUT2D eigenvalue weighted by atomic mass is 10.4. The number of hydrogen-bond donors (Lipinski definition) is 0. The maximum Gasteiger partial charge on any atom is 0.108 e. The van der Waals surface area contributed by atoms with Gasteiger partial charge in [-0.2, -0.15) is 11.2 Å². The van der Waals surface area contributed by atoms with Crippen molar-refractivity contribution in [2.45, 2.75) is 19.6 Å².